The molecule has 0 spiro atoms. The monoisotopic (exact) mass is 365 g/mol. The molecule has 0 saturated heterocycles. The Morgan fingerprint density at radius 3 is 2.52 bits per heavy atom. The van der Waals surface area contributed by atoms with Crippen LogP contribution in [0, 0.1) is 5.92 Å². The summed E-state index contributed by atoms with van der Waals surface area (Å²) in [5.41, 5.74) is 0.507. The summed E-state index contributed by atoms with van der Waals surface area (Å²) in [6, 6.07) is 6.03. The van der Waals surface area contributed by atoms with Crippen molar-refractivity contribution in [2.24, 2.45) is 10.9 Å². The van der Waals surface area contributed by atoms with E-state index in [0.717, 1.165) is 19.3 Å². The Hall–Kier alpha value is -1.89. The zero-order chi connectivity index (χ0) is 18.6. The number of aliphatic imine (C=N–C) groups is 1. The van der Waals surface area contributed by atoms with E-state index in [0.29, 0.717) is 11.5 Å². The summed E-state index contributed by atoms with van der Waals surface area (Å²) in [7, 11) is -3.58. The molecule has 6 nitrogen and oxygen atoms in total. The molecule has 1 aliphatic heterocycles. The topological polar surface area (TPSA) is 87.6 Å². The zero-order valence-electron chi connectivity index (χ0n) is 15.2. The molecule has 0 saturated carbocycles. The maximum absolute atomic E-state index is 12.3. The third-order valence-electron chi connectivity index (χ3n) is 4.17. The molecule has 1 aromatic rings. The Morgan fingerprint density at radius 1 is 1.16 bits per heavy atom. The Bertz CT molecular complexity index is 757. The number of carbonyl (C=O) groups is 1. The highest BCUT2D eigenvalue weighted by atomic mass is 32.2. The molecular formula is C18H27N3O3S. The van der Waals surface area contributed by atoms with Gasteiger partial charge in [0, 0.05) is 11.6 Å². The van der Waals surface area contributed by atoms with Crippen LogP contribution in [0.25, 0.3) is 0 Å². The van der Waals surface area contributed by atoms with Crippen LogP contribution in [-0.4, -0.2) is 32.2 Å². The molecule has 0 bridgehead atoms. The summed E-state index contributed by atoms with van der Waals surface area (Å²) in [5.74, 6) is 0.683. The van der Waals surface area contributed by atoms with Crippen LogP contribution in [0.5, 0.6) is 0 Å². The lowest BCUT2D eigenvalue weighted by molar-refractivity contribution is -0.122. The lowest BCUT2D eigenvalue weighted by Gasteiger charge is -2.16. The Balaban J connectivity index is 2.01. The van der Waals surface area contributed by atoms with Crippen molar-refractivity contribution >= 4 is 21.8 Å². The molecule has 0 fully saturated rings. The van der Waals surface area contributed by atoms with Crippen LogP contribution in [-0.2, 0) is 14.8 Å². The number of amidine groups is 1. The molecule has 2 N–H and O–H groups in total. The number of nitrogens with one attached hydrogen (secondary N) is 2. The van der Waals surface area contributed by atoms with E-state index >= 15 is 0 Å². The molecule has 1 heterocycles. The fourth-order valence-corrected chi connectivity index (χ4v) is 3.99. The van der Waals surface area contributed by atoms with Gasteiger partial charge in [0.1, 0.15) is 11.9 Å². The normalized spacial score (nSPS) is 19.3. The first-order chi connectivity index (χ1) is 11.7. The van der Waals surface area contributed by atoms with Gasteiger partial charge in [0.15, 0.2) is 0 Å². The SMILES string of the molecule is CC(C)CCCC(C)NC(=O)[C@H](C)N=C1NS(=O)(=O)c2ccccc21. The molecule has 138 valence electrons. The van der Waals surface area contributed by atoms with Gasteiger partial charge in [-0.1, -0.05) is 38.8 Å². The lowest BCUT2D eigenvalue weighted by atomic mass is 10.0. The van der Waals surface area contributed by atoms with Crippen molar-refractivity contribution in [3.8, 4) is 0 Å². The third kappa shape index (κ3) is 5.04. The van der Waals surface area contributed by atoms with Crippen molar-refractivity contribution in [2.75, 3.05) is 0 Å². The second kappa shape index (κ2) is 7.99. The van der Waals surface area contributed by atoms with Gasteiger partial charge in [-0.2, -0.15) is 0 Å². The molecule has 0 aromatic heterocycles. The first-order valence-electron chi connectivity index (χ1n) is 8.71. The quantitative estimate of drug-likeness (QED) is 0.778. The highest BCUT2D eigenvalue weighted by Gasteiger charge is 2.31. The number of hydrogen-bond donors (Lipinski definition) is 2. The minimum atomic E-state index is -3.58. The van der Waals surface area contributed by atoms with Gasteiger partial charge < -0.3 is 5.32 Å². The van der Waals surface area contributed by atoms with Gasteiger partial charge in [-0.25, -0.2) is 8.42 Å². The van der Waals surface area contributed by atoms with Crippen LogP contribution in [0.3, 0.4) is 0 Å². The van der Waals surface area contributed by atoms with E-state index in [2.05, 4.69) is 28.9 Å². The van der Waals surface area contributed by atoms with E-state index in [1.54, 1.807) is 25.1 Å². The smallest absolute Gasteiger partial charge is 0.263 e. The van der Waals surface area contributed by atoms with Crippen molar-refractivity contribution in [2.45, 2.75) is 63.9 Å². The van der Waals surface area contributed by atoms with Gasteiger partial charge in [0.05, 0.1) is 4.90 Å². The molecule has 1 amide bonds. The number of carbonyl (C=O) groups excluding carboxylic acids is 1. The summed E-state index contributed by atoms with van der Waals surface area (Å²) in [4.78, 5) is 16.8. The van der Waals surface area contributed by atoms with Crippen molar-refractivity contribution in [1.29, 1.82) is 0 Å². The van der Waals surface area contributed by atoms with E-state index in [-0.39, 0.29) is 22.7 Å². The zero-order valence-corrected chi connectivity index (χ0v) is 16.1. The van der Waals surface area contributed by atoms with Crippen molar-refractivity contribution in [3.05, 3.63) is 29.8 Å². The van der Waals surface area contributed by atoms with Gasteiger partial charge in [0.25, 0.3) is 10.0 Å². The number of hydrogen-bond acceptors (Lipinski definition) is 4. The summed E-state index contributed by atoms with van der Waals surface area (Å²) in [6.07, 6.45) is 3.12. The minimum Gasteiger partial charge on any atom is -0.352 e. The van der Waals surface area contributed by atoms with E-state index in [1.165, 1.54) is 6.07 Å². The standard InChI is InChI=1S/C18H27N3O3S/c1-12(2)8-7-9-13(3)19-18(22)14(4)20-17-15-10-5-6-11-16(15)25(23,24)21-17/h5-6,10-14H,7-9H2,1-4H3,(H,19,22)(H,20,21)/t13?,14-/m0/s1. The summed E-state index contributed by atoms with van der Waals surface area (Å²) in [5, 5.41) is 2.95. The molecule has 7 heteroatoms. The van der Waals surface area contributed by atoms with Crippen LogP contribution >= 0.6 is 0 Å². The molecule has 1 unspecified atom stereocenters. The van der Waals surface area contributed by atoms with Gasteiger partial charge in [-0.05, 0) is 38.3 Å². The largest absolute Gasteiger partial charge is 0.352 e. The maximum Gasteiger partial charge on any atom is 0.263 e. The van der Waals surface area contributed by atoms with E-state index in [9.17, 15) is 13.2 Å². The van der Waals surface area contributed by atoms with Gasteiger partial charge in [0.2, 0.25) is 5.91 Å². The van der Waals surface area contributed by atoms with E-state index in [4.69, 9.17) is 0 Å². The Morgan fingerprint density at radius 2 is 1.84 bits per heavy atom. The average Bonchev–Trinajstić information content (AvgIpc) is 2.78. The van der Waals surface area contributed by atoms with Crippen LogP contribution in [0.2, 0.25) is 0 Å². The number of amides is 1. The molecular weight excluding hydrogens is 338 g/mol. The molecule has 1 aromatic carbocycles. The molecule has 0 aliphatic carbocycles. The lowest BCUT2D eigenvalue weighted by Crippen LogP contribution is -2.39. The number of fused-ring (bicyclic) bond motifs is 1. The second-order valence-corrected chi connectivity index (χ2v) is 8.64. The Kier molecular flexibility index (Phi) is 6.21. The molecule has 25 heavy (non-hydrogen) atoms. The predicted molar refractivity (Wildman–Crippen MR) is 99.1 cm³/mol. The summed E-state index contributed by atoms with van der Waals surface area (Å²) in [6.45, 7) is 8.01. The molecule has 1 aliphatic rings. The van der Waals surface area contributed by atoms with Crippen molar-refractivity contribution < 1.29 is 13.2 Å². The number of benzene rings is 1. The van der Waals surface area contributed by atoms with Gasteiger partial charge in [-0.3, -0.25) is 14.5 Å². The van der Waals surface area contributed by atoms with Crippen molar-refractivity contribution in [1.82, 2.24) is 10.0 Å². The number of nitrogens with zero attached hydrogens (tertiary/aromatic N) is 1. The first kappa shape index (κ1) is 19.4. The highest BCUT2D eigenvalue weighted by Crippen LogP contribution is 2.22. The minimum absolute atomic E-state index is 0.0708. The number of rotatable bonds is 7. The number of sulfonamides is 1. The van der Waals surface area contributed by atoms with Crippen LogP contribution in [0.1, 0.15) is 52.5 Å². The Labute approximate surface area is 150 Å². The second-order valence-electron chi connectivity index (χ2n) is 6.99. The van der Waals surface area contributed by atoms with E-state index < -0.39 is 16.1 Å². The maximum atomic E-state index is 12.3. The molecule has 2 atom stereocenters. The third-order valence-corrected chi connectivity index (χ3v) is 5.57. The fraction of sp³-hybridized carbons (Fsp3) is 0.556. The van der Waals surface area contributed by atoms with Gasteiger partial charge in [-0.15, -0.1) is 0 Å². The summed E-state index contributed by atoms with van der Waals surface area (Å²) < 4.78 is 26.6. The van der Waals surface area contributed by atoms with Crippen molar-refractivity contribution in [3.63, 3.8) is 0 Å². The van der Waals surface area contributed by atoms with Crippen LogP contribution in [0.15, 0.2) is 34.2 Å². The average molecular weight is 365 g/mol. The van der Waals surface area contributed by atoms with Gasteiger partial charge >= 0.3 is 0 Å². The summed E-state index contributed by atoms with van der Waals surface area (Å²) >= 11 is 0. The van der Waals surface area contributed by atoms with Crippen LogP contribution < -0.4 is 10.0 Å². The first-order valence-corrected chi connectivity index (χ1v) is 10.2. The molecule has 0 radical (unpaired) electrons. The van der Waals surface area contributed by atoms with E-state index in [1.807, 2.05) is 6.92 Å². The predicted octanol–water partition coefficient (Wildman–Crippen LogP) is 2.44. The molecule has 2 rings (SSSR count). The highest BCUT2D eigenvalue weighted by molar-refractivity contribution is 7.90. The van der Waals surface area contributed by atoms with Crippen LogP contribution in [0.4, 0.5) is 0 Å². The fourth-order valence-electron chi connectivity index (χ4n) is 2.75.